The normalized spacial score (nSPS) is 13.6. The molecule has 51 heavy (non-hydrogen) atoms. The monoisotopic (exact) mass is 701 g/mol. The molecule has 12 heteroatoms. The van der Waals surface area contributed by atoms with Crippen LogP contribution < -0.4 is 21.4 Å². The summed E-state index contributed by atoms with van der Waals surface area (Å²) in [5.41, 5.74) is 6.81. The van der Waals surface area contributed by atoms with Gasteiger partial charge in [-0.2, -0.15) is 0 Å². The molecule has 276 valence electrons. The molecule has 6 amide bonds. The molecule has 5 N–H and O–H groups in total. The number of amides is 6. The van der Waals surface area contributed by atoms with Gasteiger partial charge in [0.15, 0.2) is 0 Å². The molecule has 0 spiro atoms. The van der Waals surface area contributed by atoms with Crippen LogP contribution in [-0.4, -0.2) is 103 Å². The van der Waals surface area contributed by atoms with Crippen LogP contribution in [0, 0.1) is 11.8 Å². The van der Waals surface area contributed by atoms with Gasteiger partial charge in [0.25, 0.3) is 5.91 Å². The van der Waals surface area contributed by atoms with Gasteiger partial charge in [-0.1, -0.05) is 113 Å². The van der Waals surface area contributed by atoms with E-state index in [2.05, 4.69) is 21.4 Å². The summed E-state index contributed by atoms with van der Waals surface area (Å²) < 4.78 is 0. The summed E-state index contributed by atoms with van der Waals surface area (Å²) >= 11 is 0. The van der Waals surface area contributed by atoms with Crippen molar-refractivity contribution in [3.8, 4) is 11.1 Å². The number of nitrogens with zero attached hydrogens (tertiary/aromatic N) is 3. The molecule has 3 rings (SSSR count). The first-order valence-corrected chi connectivity index (χ1v) is 17.3. The number of nitrogens with one attached hydrogen (secondary N) is 4. The van der Waals surface area contributed by atoms with Gasteiger partial charge in [0, 0.05) is 41.3 Å². The number of aliphatic hydroxyl groups excluding tert-OH is 1. The zero-order valence-electron chi connectivity index (χ0n) is 31.1. The molecule has 4 atom stereocenters. The summed E-state index contributed by atoms with van der Waals surface area (Å²) in [4.78, 5) is 55.2. The highest BCUT2D eigenvalue weighted by Crippen LogP contribution is 2.20. The number of hydrazine groups is 1. The molecule has 3 aromatic carbocycles. The Labute approximate surface area is 302 Å². The van der Waals surface area contributed by atoms with Gasteiger partial charge in [-0.25, -0.2) is 14.6 Å². The van der Waals surface area contributed by atoms with Crippen LogP contribution in [0.1, 0.15) is 38.8 Å². The topological polar surface area (TPSA) is 146 Å². The van der Waals surface area contributed by atoms with Crippen molar-refractivity contribution in [3.05, 3.63) is 96.1 Å². The maximum atomic E-state index is 13.7. The van der Waals surface area contributed by atoms with Crippen molar-refractivity contribution in [1.82, 2.24) is 36.2 Å². The molecule has 0 saturated heterocycles. The number of urea groups is 2. The van der Waals surface area contributed by atoms with E-state index in [0.717, 1.165) is 22.3 Å². The molecule has 2 unspecified atom stereocenters. The van der Waals surface area contributed by atoms with Crippen LogP contribution in [0.4, 0.5) is 9.59 Å². The first kappa shape index (κ1) is 40.5. The van der Waals surface area contributed by atoms with Gasteiger partial charge in [0.1, 0.15) is 12.1 Å². The molecule has 0 bridgehead atoms. The standard InChI is InChI=1S/C39H55N7O5/c1-26(2)34(41-38(50)44(5)6)36(48)40-32(23-28-15-11-9-12-16-28)33(47)25-46(43-37(49)35(27(3)4)42-39(51)45(7)8)24-29-19-21-31(22-20-29)30-17-13-10-14-18-30/h9-22,26-27,32-35,47H,23-25H2,1-8H3,(H,40,48)(H,41,50)(H,42,51)(H,43,49)/t32?,33?,34-,35-/m0/s1. The quantitative estimate of drug-likeness (QED) is 0.144. The van der Waals surface area contributed by atoms with Crippen LogP contribution >= 0.6 is 0 Å². The van der Waals surface area contributed by atoms with E-state index in [9.17, 15) is 24.3 Å². The smallest absolute Gasteiger partial charge is 0.317 e. The Kier molecular flexibility index (Phi) is 15.4. The average Bonchev–Trinajstić information content (AvgIpc) is 3.09. The first-order chi connectivity index (χ1) is 24.2. The van der Waals surface area contributed by atoms with Crippen LogP contribution in [0.25, 0.3) is 11.1 Å². The Morgan fingerprint density at radius 3 is 1.57 bits per heavy atom. The van der Waals surface area contributed by atoms with Gasteiger partial charge in [0.2, 0.25) is 5.91 Å². The van der Waals surface area contributed by atoms with Crippen molar-refractivity contribution >= 4 is 23.9 Å². The van der Waals surface area contributed by atoms with Gasteiger partial charge in [0.05, 0.1) is 12.1 Å². The highest BCUT2D eigenvalue weighted by molar-refractivity contribution is 5.88. The largest absolute Gasteiger partial charge is 0.390 e. The predicted octanol–water partition coefficient (Wildman–Crippen LogP) is 3.87. The second-order valence-corrected chi connectivity index (χ2v) is 13.9. The van der Waals surface area contributed by atoms with E-state index in [4.69, 9.17) is 0 Å². The maximum absolute atomic E-state index is 13.7. The minimum absolute atomic E-state index is 0.0627. The van der Waals surface area contributed by atoms with Crippen molar-refractivity contribution in [2.45, 2.75) is 64.9 Å². The van der Waals surface area contributed by atoms with Gasteiger partial charge < -0.3 is 30.9 Å². The highest BCUT2D eigenvalue weighted by Gasteiger charge is 2.32. The molecular formula is C39H55N7O5. The lowest BCUT2D eigenvalue weighted by Crippen LogP contribution is -2.59. The van der Waals surface area contributed by atoms with Crippen LogP contribution in [0.3, 0.4) is 0 Å². The lowest BCUT2D eigenvalue weighted by molar-refractivity contribution is -0.131. The van der Waals surface area contributed by atoms with Crippen molar-refractivity contribution in [1.29, 1.82) is 0 Å². The Hall–Kier alpha value is -4.94. The molecule has 3 aromatic rings. The third-order valence-corrected chi connectivity index (χ3v) is 8.47. The van der Waals surface area contributed by atoms with Gasteiger partial charge in [-0.3, -0.25) is 15.0 Å². The molecule has 0 saturated carbocycles. The minimum atomic E-state index is -1.16. The number of hydrogen-bond donors (Lipinski definition) is 5. The number of hydrogen-bond acceptors (Lipinski definition) is 6. The number of carbonyl (C=O) groups excluding carboxylic acids is 4. The van der Waals surface area contributed by atoms with Crippen LogP contribution in [0.2, 0.25) is 0 Å². The summed E-state index contributed by atoms with van der Waals surface area (Å²) in [5.74, 6) is -1.34. The van der Waals surface area contributed by atoms with Crippen molar-refractivity contribution < 1.29 is 24.3 Å². The molecule has 0 heterocycles. The molecular weight excluding hydrogens is 646 g/mol. The fraction of sp³-hybridized carbons (Fsp3) is 0.436. The van der Waals surface area contributed by atoms with Crippen molar-refractivity contribution in [3.63, 3.8) is 0 Å². The summed E-state index contributed by atoms with van der Waals surface area (Å²) in [5, 5.41) is 22.0. The Morgan fingerprint density at radius 2 is 1.08 bits per heavy atom. The van der Waals surface area contributed by atoms with E-state index in [1.165, 1.54) is 9.80 Å². The molecule has 0 aliphatic carbocycles. The number of carbonyl (C=O) groups is 4. The summed E-state index contributed by atoms with van der Waals surface area (Å²) in [6.45, 7) is 7.52. The van der Waals surface area contributed by atoms with Crippen molar-refractivity contribution in [2.75, 3.05) is 34.7 Å². The lowest BCUT2D eigenvalue weighted by Gasteiger charge is -2.33. The molecule has 0 aliphatic heterocycles. The summed E-state index contributed by atoms with van der Waals surface area (Å²) in [6, 6.07) is 24.1. The maximum Gasteiger partial charge on any atom is 0.317 e. The summed E-state index contributed by atoms with van der Waals surface area (Å²) in [7, 11) is 6.40. The van der Waals surface area contributed by atoms with E-state index in [-0.39, 0.29) is 24.9 Å². The minimum Gasteiger partial charge on any atom is -0.390 e. The van der Waals surface area contributed by atoms with E-state index in [0.29, 0.717) is 6.42 Å². The van der Waals surface area contributed by atoms with Crippen LogP contribution in [-0.2, 0) is 22.6 Å². The second-order valence-electron chi connectivity index (χ2n) is 13.9. The second kappa shape index (κ2) is 19.5. The zero-order chi connectivity index (χ0) is 37.7. The fourth-order valence-corrected chi connectivity index (χ4v) is 5.40. The molecule has 0 radical (unpaired) electrons. The van der Waals surface area contributed by atoms with Gasteiger partial charge in [-0.05, 0) is 40.5 Å². The lowest BCUT2D eigenvalue weighted by atomic mass is 9.98. The predicted molar refractivity (Wildman–Crippen MR) is 200 cm³/mol. The number of rotatable bonds is 16. The van der Waals surface area contributed by atoms with E-state index < -0.39 is 48.1 Å². The fourth-order valence-electron chi connectivity index (χ4n) is 5.40. The van der Waals surface area contributed by atoms with Crippen LogP contribution in [0.5, 0.6) is 0 Å². The Bertz CT molecular complexity index is 1550. The third kappa shape index (κ3) is 12.7. The van der Waals surface area contributed by atoms with E-state index in [1.807, 2.05) is 113 Å². The van der Waals surface area contributed by atoms with Crippen molar-refractivity contribution in [2.24, 2.45) is 11.8 Å². The van der Waals surface area contributed by atoms with Gasteiger partial charge in [-0.15, -0.1) is 0 Å². The third-order valence-electron chi connectivity index (χ3n) is 8.47. The molecule has 0 aliphatic rings. The first-order valence-electron chi connectivity index (χ1n) is 17.3. The molecule has 12 nitrogen and oxygen atoms in total. The molecule has 0 fully saturated rings. The Balaban J connectivity index is 1.92. The van der Waals surface area contributed by atoms with Crippen LogP contribution in [0.15, 0.2) is 84.9 Å². The van der Waals surface area contributed by atoms with E-state index in [1.54, 1.807) is 33.2 Å². The number of benzene rings is 3. The molecule has 0 aromatic heterocycles. The SMILES string of the molecule is CC(C)[C@H](NC(=O)N(C)C)C(=O)NC(Cc1ccccc1)C(O)CN(Cc1ccc(-c2ccccc2)cc1)NC(=O)[C@@H](NC(=O)N(C)C)C(C)C. The van der Waals surface area contributed by atoms with E-state index >= 15 is 0 Å². The van der Waals surface area contributed by atoms with Gasteiger partial charge >= 0.3 is 12.1 Å². The number of aliphatic hydroxyl groups is 1. The summed E-state index contributed by atoms with van der Waals surface area (Å²) in [6.07, 6.45) is -0.870. The average molecular weight is 702 g/mol. The zero-order valence-corrected chi connectivity index (χ0v) is 31.1. The highest BCUT2D eigenvalue weighted by atomic mass is 16.3. The Morgan fingerprint density at radius 1 is 0.608 bits per heavy atom.